The molecule has 0 spiro atoms. The van der Waals surface area contributed by atoms with E-state index in [2.05, 4.69) is 33.8 Å². The summed E-state index contributed by atoms with van der Waals surface area (Å²) in [5, 5.41) is 6.66. The molecule has 0 saturated carbocycles. The Kier molecular flexibility index (Phi) is 6.41. The fourth-order valence-electron chi connectivity index (χ4n) is 2.79. The van der Waals surface area contributed by atoms with E-state index in [0.29, 0.717) is 13.3 Å². The largest absolute Gasteiger partial charge is 0.491 e. The summed E-state index contributed by atoms with van der Waals surface area (Å²) in [6.45, 7) is 5.83. The van der Waals surface area contributed by atoms with Crippen molar-refractivity contribution in [3.63, 3.8) is 0 Å². The molecule has 0 atom stereocenters. The van der Waals surface area contributed by atoms with E-state index in [0.717, 1.165) is 36.2 Å². The Balaban J connectivity index is 1.43. The molecule has 6 heteroatoms. The van der Waals surface area contributed by atoms with Gasteiger partial charge in [-0.25, -0.2) is 0 Å². The van der Waals surface area contributed by atoms with Crippen molar-refractivity contribution in [1.82, 2.24) is 10.6 Å². The fourth-order valence-corrected chi connectivity index (χ4v) is 2.79. The zero-order chi connectivity index (χ0) is 19.1. The zero-order valence-corrected chi connectivity index (χ0v) is 16.1. The highest BCUT2D eigenvalue weighted by Crippen LogP contribution is 2.32. The van der Waals surface area contributed by atoms with Crippen LogP contribution < -0.4 is 24.8 Å². The van der Waals surface area contributed by atoms with Crippen LogP contribution in [0.4, 0.5) is 0 Å². The van der Waals surface area contributed by atoms with Crippen molar-refractivity contribution in [2.24, 2.45) is 4.99 Å². The maximum Gasteiger partial charge on any atom is 0.231 e. The SMILES string of the molecule is CN=C(NCCc1ccc2c(c1)OCO2)NCc1ccc(OC(C)C)cc1. The topological polar surface area (TPSA) is 64.1 Å². The Bertz CT molecular complexity index is 773. The van der Waals surface area contributed by atoms with Gasteiger partial charge in [-0.3, -0.25) is 4.99 Å². The molecular formula is C21H27N3O3. The lowest BCUT2D eigenvalue weighted by Crippen LogP contribution is -2.37. The maximum absolute atomic E-state index is 5.67. The van der Waals surface area contributed by atoms with E-state index < -0.39 is 0 Å². The van der Waals surface area contributed by atoms with Crippen molar-refractivity contribution >= 4 is 5.96 Å². The molecule has 3 rings (SSSR count). The third-order valence-electron chi connectivity index (χ3n) is 4.12. The number of hydrogen-bond acceptors (Lipinski definition) is 4. The molecule has 2 aromatic carbocycles. The van der Waals surface area contributed by atoms with Crippen LogP contribution in [0.2, 0.25) is 0 Å². The summed E-state index contributed by atoms with van der Waals surface area (Å²) in [4.78, 5) is 4.27. The van der Waals surface area contributed by atoms with Crippen LogP contribution in [0.25, 0.3) is 0 Å². The highest BCUT2D eigenvalue weighted by Gasteiger charge is 2.12. The van der Waals surface area contributed by atoms with Crippen molar-refractivity contribution in [2.45, 2.75) is 32.9 Å². The summed E-state index contributed by atoms with van der Waals surface area (Å²) >= 11 is 0. The molecule has 0 unspecified atom stereocenters. The number of fused-ring (bicyclic) bond motifs is 1. The fraction of sp³-hybridized carbons (Fsp3) is 0.381. The molecule has 1 aliphatic heterocycles. The van der Waals surface area contributed by atoms with E-state index in [9.17, 15) is 0 Å². The second-order valence-electron chi connectivity index (χ2n) is 6.60. The highest BCUT2D eigenvalue weighted by molar-refractivity contribution is 5.79. The lowest BCUT2D eigenvalue weighted by atomic mass is 10.1. The normalized spacial score (nSPS) is 13.0. The molecule has 0 saturated heterocycles. The molecule has 144 valence electrons. The maximum atomic E-state index is 5.67. The molecule has 1 heterocycles. The number of guanidine groups is 1. The van der Waals surface area contributed by atoms with Crippen LogP contribution in [0.15, 0.2) is 47.5 Å². The van der Waals surface area contributed by atoms with Gasteiger partial charge in [-0.1, -0.05) is 18.2 Å². The first-order valence-corrected chi connectivity index (χ1v) is 9.22. The van der Waals surface area contributed by atoms with Gasteiger partial charge in [-0.2, -0.15) is 0 Å². The summed E-state index contributed by atoms with van der Waals surface area (Å²) in [6.07, 6.45) is 1.06. The Morgan fingerprint density at radius 2 is 1.78 bits per heavy atom. The molecule has 2 aromatic rings. The van der Waals surface area contributed by atoms with Gasteiger partial charge in [0.2, 0.25) is 6.79 Å². The summed E-state index contributed by atoms with van der Waals surface area (Å²) < 4.78 is 16.4. The summed E-state index contributed by atoms with van der Waals surface area (Å²) in [5.41, 5.74) is 2.37. The van der Waals surface area contributed by atoms with E-state index in [1.165, 1.54) is 11.1 Å². The first-order chi connectivity index (χ1) is 13.1. The van der Waals surface area contributed by atoms with E-state index in [1.54, 1.807) is 7.05 Å². The molecule has 0 amide bonds. The first kappa shape index (κ1) is 18.9. The van der Waals surface area contributed by atoms with Gasteiger partial charge in [-0.15, -0.1) is 0 Å². The van der Waals surface area contributed by atoms with Crippen molar-refractivity contribution in [2.75, 3.05) is 20.4 Å². The van der Waals surface area contributed by atoms with E-state index in [-0.39, 0.29) is 6.10 Å². The van der Waals surface area contributed by atoms with Crippen LogP contribution in [-0.4, -0.2) is 32.4 Å². The highest BCUT2D eigenvalue weighted by atomic mass is 16.7. The number of benzene rings is 2. The van der Waals surface area contributed by atoms with Gasteiger partial charge in [0.05, 0.1) is 6.10 Å². The Morgan fingerprint density at radius 3 is 2.52 bits per heavy atom. The zero-order valence-electron chi connectivity index (χ0n) is 16.1. The minimum Gasteiger partial charge on any atom is -0.491 e. The van der Waals surface area contributed by atoms with Crippen LogP contribution in [0, 0.1) is 0 Å². The number of nitrogens with one attached hydrogen (secondary N) is 2. The second kappa shape index (κ2) is 9.16. The van der Waals surface area contributed by atoms with E-state index in [4.69, 9.17) is 14.2 Å². The average Bonchev–Trinajstić information content (AvgIpc) is 3.13. The summed E-state index contributed by atoms with van der Waals surface area (Å²) in [5.74, 6) is 3.30. The van der Waals surface area contributed by atoms with Gasteiger partial charge in [-0.05, 0) is 55.7 Å². The monoisotopic (exact) mass is 369 g/mol. The molecular weight excluding hydrogens is 342 g/mol. The lowest BCUT2D eigenvalue weighted by Gasteiger charge is -2.13. The van der Waals surface area contributed by atoms with Gasteiger partial charge in [0, 0.05) is 20.1 Å². The number of rotatable bonds is 7. The van der Waals surface area contributed by atoms with Gasteiger partial charge in [0.25, 0.3) is 0 Å². The molecule has 6 nitrogen and oxygen atoms in total. The van der Waals surface area contributed by atoms with Crippen LogP contribution in [0.3, 0.4) is 0 Å². The van der Waals surface area contributed by atoms with Crippen molar-refractivity contribution in [3.05, 3.63) is 53.6 Å². The molecule has 2 N–H and O–H groups in total. The summed E-state index contributed by atoms with van der Waals surface area (Å²) in [6, 6.07) is 14.2. The van der Waals surface area contributed by atoms with Crippen molar-refractivity contribution < 1.29 is 14.2 Å². The first-order valence-electron chi connectivity index (χ1n) is 9.22. The van der Waals surface area contributed by atoms with Gasteiger partial charge in [0.15, 0.2) is 17.5 Å². The molecule has 0 aromatic heterocycles. The molecule has 0 bridgehead atoms. The number of aliphatic imine (C=N–C) groups is 1. The second-order valence-corrected chi connectivity index (χ2v) is 6.60. The van der Waals surface area contributed by atoms with Crippen LogP contribution in [-0.2, 0) is 13.0 Å². The van der Waals surface area contributed by atoms with Gasteiger partial charge >= 0.3 is 0 Å². The smallest absolute Gasteiger partial charge is 0.231 e. The quantitative estimate of drug-likeness (QED) is 0.580. The molecule has 0 aliphatic carbocycles. The van der Waals surface area contributed by atoms with Gasteiger partial charge < -0.3 is 24.8 Å². The van der Waals surface area contributed by atoms with Gasteiger partial charge in [0.1, 0.15) is 5.75 Å². The predicted octanol–water partition coefficient (Wildman–Crippen LogP) is 3.11. The van der Waals surface area contributed by atoms with Crippen LogP contribution >= 0.6 is 0 Å². The minimum atomic E-state index is 0.182. The molecule has 0 radical (unpaired) electrons. The standard InChI is InChI=1S/C21H27N3O3/c1-15(2)27-18-7-4-17(5-8-18)13-24-21(22-3)23-11-10-16-6-9-19-20(12-16)26-14-25-19/h4-9,12,15H,10-11,13-14H2,1-3H3,(H2,22,23,24). The Hall–Kier alpha value is -2.89. The third kappa shape index (κ3) is 5.54. The summed E-state index contributed by atoms with van der Waals surface area (Å²) in [7, 11) is 1.77. The number of ether oxygens (including phenoxy) is 3. The average molecular weight is 369 g/mol. The third-order valence-corrected chi connectivity index (χ3v) is 4.12. The predicted molar refractivity (Wildman–Crippen MR) is 107 cm³/mol. The van der Waals surface area contributed by atoms with E-state index >= 15 is 0 Å². The van der Waals surface area contributed by atoms with E-state index in [1.807, 2.05) is 38.1 Å². The lowest BCUT2D eigenvalue weighted by molar-refractivity contribution is 0.174. The van der Waals surface area contributed by atoms with Crippen LogP contribution in [0.5, 0.6) is 17.2 Å². The van der Waals surface area contributed by atoms with Crippen LogP contribution in [0.1, 0.15) is 25.0 Å². The minimum absolute atomic E-state index is 0.182. The van der Waals surface area contributed by atoms with Crippen molar-refractivity contribution in [1.29, 1.82) is 0 Å². The Labute approximate surface area is 160 Å². The number of hydrogen-bond donors (Lipinski definition) is 2. The number of nitrogens with zero attached hydrogens (tertiary/aromatic N) is 1. The van der Waals surface area contributed by atoms with Crippen molar-refractivity contribution in [3.8, 4) is 17.2 Å². The molecule has 0 fully saturated rings. The molecule has 1 aliphatic rings. The molecule has 27 heavy (non-hydrogen) atoms. The Morgan fingerprint density at radius 1 is 1.04 bits per heavy atom.